The molecule has 1 N–H and O–H groups in total. The number of carbonyl (C=O) groups is 1. The fourth-order valence-corrected chi connectivity index (χ4v) is 2.07. The van der Waals surface area contributed by atoms with E-state index < -0.39 is 5.97 Å². The van der Waals surface area contributed by atoms with Gasteiger partial charge < -0.3 is 5.11 Å². The lowest BCUT2D eigenvalue weighted by Crippen LogP contribution is -2.06. The summed E-state index contributed by atoms with van der Waals surface area (Å²) in [5, 5.41) is 9.58. The van der Waals surface area contributed by atoms with Crippen molar-refractivity contribution < 1.29 is 9.90 Å². The highest BCUT2D eigenvalue weighted by Gasteiger charge is 2.11. The van der Waals surface area contributed by atoms with E-state index in [-0.39, 0.29) is 11.7 Å². The molecule has 0 aromatic carbocycles. The van der Waals surface area contributed by atoms with Crippen LogP contribution in [-0.2, 0) is 4.79 Å². The molecule has 0 saturated heterocycles. The highest BCUT2D eigenvalue weighted by Crippen LogP contribution is 2.24. The third-order valence-corrected chi connectivity index (χ3v) is 3.27. The van der Waals surface area contributed by atoms with Crippen molar-refractivity contribution in [1.82, 2.24) is 9.97 Å². The molecule has 0 fully saturated rings. The van der Waals surface area contributed by atoms with Crippen LogP contribution in [0, 0.1) is 0 Å². The topological polar surface area (TPSA) is 63.1 Å². The third-order valence-electron chi connectivity index (χ3n) is 1.95. The molecule has 0 spiro atoms. The lowest BCUT2D eigenvalue weighted by molar-refractivity contribution is -0.137. The summed E-state index contributed by atoms with van der Waals surface area (Å²) in [4.78, 5) is 18.6. The number of hydrogen-bond acceptors (Lipinski definition) is 4. The van der Waals surface area contributed by atoms with Crippen LogP contribution in [0.15, 0.2) is 23.6 Å². The third kappa shape index (κ3) is 4.78. The molecule has 1 aromatic heterocycles. The molecule has 1 unspecified atom stereocenters. The smallest absolute Gasteiger partial charge is 0.303 e. The van der Waals surface area contributed by atoms with Gasteiger partial charge in [-0.2, -0.15) is 0 Å². The van der Waals surface area contributed by atoms with Crippen LogP contribution >= 0.6 is 11.8 Å². The predicted molar refractivity (Wildman–Crippen MR) is 58.8 cm³/mol. The molecule has 0 aliphatic rings. The molecular formula is C10H14N2O2S. The Morgan fingerprint density at radius 3 is 2.73 bits per heavy atom. The van der Waals surface area contributed by atoms with Gasteiger partial charge in [0.25, 0.3) is 0 Å². The van der Waals surface area contributed by atoms with Gasteiger partial charge in [-0.05, 0) is 18.9 Å². The number of aromatic nitrogens is 2. The van der Waals surface area contributed by atoms with Crippen LogP contribution < -0.4 is 0 Å². The molecule has 0 radical (unpaired) electrons. The Balaban J connectivity index is 2.43. The van der Waals surface area contributed by atoms with Gasteiger partial charge in [0.1, 0.15) is 0 Å². The van der Waals surface area contributed by atoms with Gasteiger partial charge in [0.15, 0.2) is 5.16 Å². The number of rotatable bonds is 6. The normalized spacial score (nSPS) is 12.3. The van der Waals surface area contributed by atoms with Crippen LogP contribution in [0.4, 0.5) is 0 Å². The van der Waals surface area contributed by atoms with Gasteiger partial charge in [-0.25, -0.2) is 9.97 Å². The summed E-state index contributed by atoms with van der Waals surface area (Å²) in [6.07, 6.45) is 5.18. The van der Waals surface area contributed by atoms with Crippen molar-refractivity contribution >= 4 is 17.7 Å². The molecule has 0 saturated carbocycles. The average Bonchev–Trinajstić information content (AvgIpc) is 2.25. The van der Waals surface area contributed by atoms with Crippen LogP contribution in [0.1, 0.15) is 26.2 Å². The number of carboxylic acid groups (broad SMARTS) is 1. The largest absolute Gasteiger partial charge is 0.481 e. The zero-order chi connectivity index (χ0) is 11.1. The van der Waals surface area contributed by atoms with Gasteiger partial charge in [0.2, 0.25) is 0 Å². The molecule has 1 aromatic rings. The first-order valence-electron chi connectivity index (χ1n) is 4.87. The van der Waals surface area contributed by atoms with Crippen molar-refractivity contribution in [2.45, 2.75) is 36.6 Å². The first kappa shape index (κ1) is 12.0. The van der Waals surface area contributed by atoms with Gasteiger partial charge >= 0.3 is 5.97 Å². The van der Waals surface area contributed by atoms with Crippen LogP contribution in [0.2, 0.25) is 0 Å². The summed E-state index contributed by atoms with van der Waals surface area (Å²) in [5.41, 5.74) is 0. The summed E-state index contributed by atoms with van der Waals surface area (Å²) in [5.74, 6) is -0.747. The molecule has 15 heavy (non-hydrogen) atoms. The van der Waals surface area contributed by atoms with Crippen LogP contribution in [0.5, 0.6) is 0 Å². The van der Waals surface area contributed by atoms with Crippen molar-refractivity contribution in [3.8, 4) is 0 Å². The van der Waals surface area contributed by atoms with Gasteiger partial charge in [-0.3, -0.25) is 4.79 Å². The Morgan fingerprint density at radius 1 is 1.53 bits per heavy atom. The van der Waals surface area contributed by atoms with Crippen LogP contribution in [-0.4, -0.2) is 26.3 Å². The standard InChI is InChI=1S/C10H14N2O2S/c1-2-8(4-5-9(13)14)15-10-11-6-3-7-12-10/h3,6-8H,2,4-5H2,1H3,(H,13,14). The average molecular weight is 226 g/mol. The predicted octanol–water partition coefficient (Wildman–Crippen LogP) is 2.21. The second-order valence-electron chi connectivity index (χ2n) is 3.11. The van der Waals surface area contributed by atoms with Crippen molar-refractivity contribution in [3.05, 3.63) is 18.5 Å². The van der Waals surface area contributed by atoms with Crippen molar-refractivity contribution in [2.24, 2.45) is 0 Å². The molecule has 1 rings (SSSR count). The summed E-state index contributed by atoms with van der Waals surface area (Å²) >= 11 is 1.55. The van der Waals surface area contributed by atoms with Crippen molar-refractivity contribution in [3.63, 3.8) is 0 Å². The monoisotopic (exact) mass is 226 g/mol. The number of nitrogens with zero attached hydrogens (tertiary/aromatic N) is 2. The van der Waals surface area contributed by atoms with Gasteiger partial charge in [-0.15, -0.1) is 0 Å². The zero-order valence-electron chi connectivity index (χ0n) is 8.59. The van der Waals surface area contributed by atoms with Crippen LogP contribution in [0.25, 0.3) is 0 Å². The first-order valence-corrected chi connectivity index (χ1v) is 5.75. The second-order valence-corrected chi connectivity index (χ2v) is 4.38. The quantitative estimate of drug-likeness (QED) is 0.595. The van der Waals surface area contributed by atoms with Crippen molar-refractivity contribution in [1.29, 1.82) is 0 Å². The minimum atomic E-state index is -0.747. The first-order chi connectivity index (χ1) is 7.22. The van der Waals surface area contributed by atoms with E-state index in [1.165, 1.54) is 0 Å². The molecule has 0 amide bonds. The molecule has 5 heteroatoms. The summed E-state index contributed by atoms with van der Waals surface area (Å²) in [6.45, 7) is 2.04. The lowest BCUT2D eigenvalue weighted by atomic mass is 10.2. The van der Waals surface area contributed by atoms with E-state index in [0.717, 1.165) is 11.6 Å². The summed E-state index contributed by atoms with van der Waals surface area (Å²) in [6, 6.07) is 1.77. The molecule has 1 atom stereocenters. The van der Waals surface area contributed by atoms with Crippen LogP contribution in [0.3, 0.4) is 0 Å². The lowest BCUT2D eigenvalue weighted by Gasteiger charge is -2.11. The Morgan fingerprint density at radius 2 is 2.20 bits per heavy atom. The maximum absolute atomic E-state index is 10.4. The van der Waals surface area contributed by atoms with E-state index in [1.54, 1.807) is 30.2 Å². The minimum absolute atomic E-state index is 0.207. The summed E-state index contributed by atoms with van der Waals surface area (Å²) < 4.78 is 0. The molecule has 0 aliphatic carbocycles. The molecular weight excluding hydrogens is 212 g/mol. The number of thioether (sulfide) groups is 1. The van der Waals surface area contributed by atoms with E-state index in [2.05, 4.69) is 9.97 Å². The molecule has 4 nitrogen and oxygen atoms in total. The highest BCUT2D eigenvalue weighted by atomic mass is 32.2. The number of hydrogen-bond donors (Lipinski definition) is 1. The van der Waals surface area contributed by atoms with Gasteiger partial charge in [0.05, 0.1) is 0 Å². The molecule has 0 bridgehead atoms. The van der Waals surface area contributed by atoms with Crippen molar-refractivity contribution in [2.75, 3.05) is 0 Å². The summed E-state index contributed by atoms with van der Waals surface area (Å²) in [7, 11) is 0. The fourth-order valence-electron chi connectivity index (χ4n) is 1.13. The Hall–Kier alpha value is -1.10. The van der Waals surface area contributed by atoms with E-state index in [4.69, 9.17) is 5.11 Å². The Kier molecular flexibility index (Phi) is 5.10. The van der Waals surface area contributed by atoms with E-state index in [9.17, 15) is 4.79 Å². The second kappa shape index (κ2) is 6.40. The van der Waals surface area contributed by atoms with Gasteiger partial charge in [-0.1, -0.05) is 18.7 Å². The zero-order valence-corrected chi connectivity index (χ0v) is 9.41. The maximum Gasteiger partial charge on any atom is 0.303 e. The molecule has 82 valence electrons. The van der Waals surface area contributed by atoms with E-state index >= 15 is 0 Å². The van der Waals surface area contributed by atoms with E-state index in [1.807, 2.05) is 6.92 Å². The minimum Gasteiger partial charge on any atom is -0.481 e. The number of carboxylic acids is 1. The Labute approximate surface area is 93.1 Å². The number of aliphatic carboxylic acids is 1. The maximum atomic E-state index is 10.4. The molecule has 1 heterocycles. The highest BCUT2D eigenvalue weighted by molar-refractivity contribution is 7.99. The SMILES string of the molecule is CCC(CCC(=O)O)Sc1ncccn1. The molecule has 0 aliphatic heterocycles. The van der Waals surface area contributed by atoms with E-state index in [0.29, 0.717) is 6.42 Å². The Bertz CT molecular complexity index is 306. The fraction of sp³-hybridized carbons (Fsp3) is 0.500. The van der Waals surface area contributed by atoms with Gasteiger partial charge in [0, 0.05) is 24.1 Å².